The number of aromatic amines is 1. The van der Waals surface area contributed by atoms with Crippen molar-refractivity contribution in [3.8, 4) is 22.5 Å². The monoisotopic (exact) mass is 684 g/mol. The van der Waals surface area contributed by atoms with Crippen LogP contribution in [0.5, 0.6) is 0 Å². The number of hydrogen-bond donors (Lipinski definition) is 2. The first-order valence-corrected chi connectivity index (χ1v) is 16.2. The summed E-state index contributed by atoms with van der Waals surface area (Å²) in [6.07, 6.45) is 4.25. The van der Waals surface area contributed by atoms with Gasteiger partial charge in [-0.3, -0.25) is 18.9 Å². The Hall–Kier alpha value is -2.78. The molecule has 3 heterocycles. The Labute approximate surface area is 320 Å². The third kappa shape index (κ3) is 7.67. The van der Waals surface area contributed by atoms with Crippen LogP contribution in [-0.4, -0.2) is 104 Å². The van der Waals surface area contributed by atoms with Crippen LogP contribution in [0.15, 0.2) is 56.6 Å². The third-order valence-electron chi connectivity index (χ3n) is 8.98. The van der Waals surface area contributed by atoms with Gasteiger partial charge < -0.3 is 9.84 Å². The molecular weight excluding hydrogens is 643 g/mol. The van der Waals surface area contributed by atoms with E-state index in [1.807, 2.05) is 26.0 Å². The minimum atomic E-state index is -0.930. The quantitative estimate of drug-likeness (QED) is 0.198. The van der Waals surface area contributed by atoms with Crippen molar-refractivity contribution in [3.05, 3.63) is 91.8 Å². The van der Waals surface area contributed by atoms with Gasteiger partial charge in [-0.15, -0.1) is 0 Å². The topological polar surface area (TPSA) is 141 Å². The van der Waals surface area contributed by atoms with Crippen LogP contribution < -0.4 is 11.3 Å². The summed E-state index contributed by atoms with van der Waals surface area (Å²) in [4.78, 5) is 33.3. The Bertz CT molecular complexity index is 2030. The van der Waals surface area contributed by atoms with Crippen LogP contribution in [0.25, 0.3) is 28.3 Å². The molecule has 0 aliphatic heterocycles. The van der Waals surface area contributed by atoms with Gasteiger partial charge in [-0.2, -0.15) is 10.1 Å². The molecule has 1 saturated carbocycles. The van der Waals surface area contributed by atoms with E-state index in [0.717, 1.165) is 12.1 Å². The molecule has 1 aliphatic carbocycles. The number of halogens is 1. The molecule has 1 aliphatic rings. The van der Waals surface area contributed by atoms with E-state index in [9.17, 15) is 14.7 Å². The molecule has 0 saturated heterocycles. The summed E-state index contributed by atoms with van der Waals surface area (Å²) in [6, 6.07) is 12.0. The zero-order valence-corrected chi connectivity index (χ0v) is 27.5. The molecule has 0 radical (unpaired) electrons. The van der Waals surface area contributed by atoms with Crippen molar-refractivity contribution in [1.29, 1.82) is 0 Å². The molecular formula is C35H42FKN6O5. The molecule has 250 valence electrons. The molecule has 6 rings (SSSR count). The average Bonchev–Trinajstić information content (AvgIpc) is 3.64. The molecule has 0 unspecified atom stereocenters. The molecule has 2 N–H and O–H groups in total. The van der Waals surface area contributed by atoms with E-state index in [4.69, 9.17) is 9.84 Å². The average molecular weight is 685 g/mol. The molecule has 0 bridgehead atoms. The van der Waals surface area contributed by atoms with Crippen molar-refractivity contribution in [2.75, 3.05) is 6.61 Å². The van der Waals surface area contributed by atoms with E-state index in [-0.39, 0.29) is 81.8 Å². The van der Waals surface area contributed by atoms with Gasteiger partial charge in [-0.25, -0.2) is 13.7 Å². The standard InChI is InChI=1S/C35H41FN6O5.K.H/c1-6-9-29-27(18-23-13-12-22(19-28(23)36)25-10-7-8-11-26(25)30-38-33(44)47-40-30)31(43)41(32-37-21(2)39-42(29)32)24-14-16-35(5,17-15-24)46-20-34(3,4)45;;/h7-8,10-13,19,24,45H,6,9,14-18,20H2,1-5H3,(H,38,40,44);;/t24-,35-;;. The molecule has 11 nitrogen and oxygen atoms in total. The van der Waals surface area contributed by atoms with Crippen molar-refractivity contribution < 1.29 is 18.8 Å². The molecule has 13 heteroatoms. The van der Waals surface area contributed by atoms with Crippen LogP contribution in [0.4, 0.5) is 4.39 Å². The SMILES string of the molecule is CCCc1c(Cc2ccc(-c3ccccc3-c3noc(=O)[nH]3)cc2F)c(=O)n([C@H]2CC[C@](C)(OCC(C)(C)O)CC2)c2nc(C)nn12.[KH]. The fraction of sp³-hybridized carbons (Fsp3) is 0.457. The van der Waals surface area contributed by atoms with Crippen molar-refractivity contribution in [1.82, 2.24) is 29.3 Å². The van der Waals surface area contributed by atoms with Gasteiger partial charge in [0.25, 0.3) is 5.56 Å². The van der Waals surface area contributed by atoms with E-state index in [2.05, 4.69) is 26.6 Å². The normalized spacial score (nSPS) is 18.3. The molecule has 0 atom stereocenters. The van der Waals surface area contributed by atoms with E-state index in [1.54, 1.807) is 47.2 Å². The van der Waals surface area contributed by atoms with Crippen LogP contribution in [0.2, 0.25) is 0 Å². The van der Waals surface area contributed by atoms with Crippen LogP contribution in [-0.2, 0) is 17.6 Å². The first kappa shape index (κ1) is 36.5. The van der Waals surface area contributed by atoms with Gasteiger partial charge in [-0.05, 0) is 82.6 Å². The summed E-state index contributed by atoms with van der Waals surface area (Å²) in [5, 5.41) is 18.7. The molecule has 48 heavy (non-hydrogen) atoms. The molecule has 3 aromatic heterocycles. The molecule has 1 fully saturated rings. The number of benzene rings is 2. The first-order valence-electron chi connectivity index (χ1n) is 16.2. The van der Waals surface area contributed by atoms with Gasteiger partial charge in [-0.1, -0.05) is 54.9 Å². The first-order chi connectivity index (χ1) is 22.4. The molecule has 0 spiro atoms. The van der Waals surface area contributed by atoms with Gasteiger partial charge in [0.1, 0.15) is 11.6 Å². The molecule has 2 aromatic carbocycles. The van der Waals surface area contributed by atoms with Crippen molar-refractivity contribution in [2.45, 2.75) is 96.8 Å². The van der Waals surface area contributed by atoms with Crippen LogP contribution in [0.1, 0.15) is 88.5 Å². The summed E-state index contributed by atoms with van der Waals surface area (Å²) in [5.41, 5.74) is 1.98. The zero-order chi connectivity index (χ0) is 33.5. The fourth-order valence-corrected chi connectivity index (χ4v) is 6.53. The second kappa shape index (κ2) is 14.6. The van der Waals surface area contributed by atoms with Gasteiger partial charge in [0.2, 0.25) is 5.78 Å². The number of aliphatic hydroxyl groups is 1. The van der Waals surface area contributed by atoms with Crippen LogP contribution >= 0.6 is 0 Å². The number of hydrogen-bond acceptors (Lipinski definition) is 8. The van der Waals surface area contributed by atoms with Gasteiger partial charge in [0.15, 0.2) is 5.82 Å². The number of H-pyrrole nitrogens is 1. The Morgan fingerprint density at radius 3 is 2.48 bits per heavy atom. The Kier molecular flexibility index (Phi) is 11.1. The van der Waals surface area contributed by atoms with E-state index >= 15 is 4.39 Å². The van der Waals surface area contributed by atoms with E-state index in [1.165, 1.54) is 6.07 Å². The number of fused-ring (bicyclic) bond motifs is 1. The van der Waals surface area contributed by atoms with Crippen molar-refractivity contribution in [3.63, 3.8) is 0 Å². The number of aryl methyl sites for hydroxylation is 2. The Morgan fingerprint density at radius 1 is 1.15 bits per heavy atom. The summed E-state index contributed by atoms with van der Waals surface area (Å²) < 4.78 is 30.3. The fourth-order valence-electron chi connectivity index (χ4n) is 6.53. The number of nitrogens with one attached hydrogen (secondary N) is 1. The number of nitrogens with zero attached hydrogens (tertiary/aromatic N) is 5. The second-order valence-electron chi connectivity index (χ2n) is 13.5. The third-order valence-corrected chi connectivity index (χ3v) is 8.98. The zero-order valence-electron chi connectivity index (χ0n) is 27.5. The summed E-state index contributed by atoms with van der Waals surface area (Å²) >= 11 is 0. The molecule has 5 aromatic rings. The van der Waals surface area contributed by atoms with E-state index in [0.29, 0.717) is 71.5 Å². The second-order valence-corrected chi connectivity index (χ2v) is 13.5. The maximum absolute atomic E-state index is 16.0. The van der Waals surface area contributed by atoms with Gasteiger partial charge in [0, 0.05) is 23.6 Å². The number of ether oxygens (including phenoxy) is 1. The van der Waals surface area contributed by atoms with Crippen molar-refractivity contribution >= 4 is 57.2 Å². The summed E-state index contributed by atoms with van der Waals surface area (Å²) in [5.74, 6) is 0.189. The minimum absolute atomic E-state index is 0. The Morgan fingerprint density at radius 2 is 1.85 bits per heavy atom. The van der Waals surface area contributed by atoms with Crippen LogP contribution in [0.3, 0.4) is 0 Å². The summed E-state index contributed by atoms with van der Waals surface area (Å²) in [7, 11) is 0. The number of aromatic nitrogens is 6. The predicted molar refractivity (Wildman–Crippen MR) is 182 cm³/mol. The van der Waals surface area contributed by atoms with Gasteiger partial charge >= 0.3 is 57.1 Å². The maximum atomic E-state index is 16.0. The van der Waals surface area contributed by atoms with E-state index < -0.39 is 22.8 Å². The summed E-state index contributed by atoms with van der Waals surface area (Å²) in [6.45, 7) is 9.58. The van der Waals surface area contributed by atoms with Gasteiger partial charge in [0.05, 0.1) is 23.5 Å². The predicted octanol–water partition coefficient (Wildman–Crippen LogP) is 4.90. The molecule has 0 amide bonds. The van der Waals surface area contributed by atoms with Crippen LogP contribution in [0, 0.1) is 12.7 Å². The Balaban J connectivity index is 0.00000451. The number of rotatable bonds is 10. The van der Waals surface area contributed by atoms with Crippen molar-refractivity contribution in [2.24, 2.45) is 0 Å².